The number of hydrogen-bond acceptors (Lipinski definition) is 0. The SMILES string of the molecule is C=CC1CCC(CC)C(C=C)C1. The van der Waals surface area contributed by atoms with E-state index >= 15 is 0 Å². The summed E-state index contributed by atoms with van der Waals surface area (Å²) in [5.41, 5.74) is 0. The Hall–Kier alpha value is -0.520. The molecule has 0 heterocycles. The molecule has 12 heavy (non-hydrogen) atoms. The highest BCUT2D eigenvalue weighted by atomic mass is 14.3. The van der Waals surface area contributed by atoms with Crippen LogP contribution in [0.25, 0.3) is 0 Å². The lowest BCUT2D eigenvalue weighted by Gasteiger charge is -2.32. The Balaban J connectivity index is 2.52. The predicted molar refractivity (Wildman–Crippen MR) is 55.0 cm³/mol. The summed E-state index contributed by atoms with van der Waals surface area (Å²) in [6.07, 6.45) is 9.55. The lowest BCUT2D eigenvalue weighted by molar-refractivity contribution is 0.238. The van der Waals surface area contributed by atoms with Gasteiger partial charge in [0.05, 0.1) is 0 Å². The molecule has 0 aromatic carbocycles. The first-order chi connectivity index (χ1) is 5.81. The first-order valence-corrected chi connectivity index (χ1v) is 5.06. The Bertz CT molecular complexity index is 157. The van der Waals surface area contributed by atoms with Gasteiger partial charge in [0.2, 0.25) is 0 Å². The van der Waals surface area contributed by atoms with Crippen LogP contribution in [0.4, 0.5) is 0 Å². The fourth-order valence-corrected chi connectivity index (χ4v) is 2.31. The molecule has 0 spiro atoms. The molecule has 0 saturated heterocycles. The highest BCUT2D eigenvalue weighted by molar-refractivity contribution is 4.94. The van der Waals surface area contributed by atoms with E-state index in [-0.39, 0.29) is 0 Å². The molecule has 0 aromatic rings. The van der Waals surface area contributed by atoms with E-state index in [1.807, 2.05) is 0 Å². The van der Waals surface area contributed by atoms with Crippen LogP contribution in [-0.4, -0.2) is 0 Å². The summed E-state index contributed by atoms with van der Waals surface area (Å²) in [5, 5.41) is 0. The van der Waals surface area contributed by atoms with Crippen molar-refractivity contribution in [1.29, 1.82) is 0 Å². The maximum absolute atomic E-state index is 3.92. The largest absolute Gasteiger partial charge is 0.103 e. The molecule has 3 unspecified atom stereocenters. The normalized spacial score (nSPS) is 35.9. The second-order valence-electron chi connectivity index (χ2n) is 3.88. The van der Waals surface area contributed by atoms with Crippen LogP contribution in [0.15, 0.2) is 25.3 Å². The van der Waals surface area contributed by atoms with Gasteiger partial charge in [0.15, 0.2) is 0 Å². The van der Waals surface area contributed by atoms with Crippen LogP contribution in [0.1, 0.15) is 32.6 Å². The van der Waals surface area contributed by atoms with E-state index in [9.17, 15) is 0 Å². The summed E-state index contributed by atoms with van der Waals surface area (Å²) < 4.78 is 0. The zero-order valence-corrected chi connectivity index (χ0v) is 8.13. The van der Waals surface area contributed by atoms with Gasteiger partial charge in [-0.1, -0.05) is 25.5 Å². The number of allylic oxidation sites excluding steroid dienone is 2. The van der Waals surface area contributed by atoms with Crippen molar-refractivity contribution in [3.63, 3.8) is 0 Å². The molecule has 0 N–H and O–H groups in total. The minimum atomic E-state index is 0.742. The second kappa shape index (κ2) is 4.49. The van der Waals surface area contributed by atoms with Gasteiger partial charge in [-0.3, -0.25) is 0 Å². The van der Waals surface area contributed by atoms with Crippen LogP contribution in [0.3, 0.4) is 0 Å². The molecule has 1 saturated carbocycles. The first kappa shape index (κ1) is 9.57. The summed E-state index contributed by atoms with van der Waals surface area (Å²) in [6.45, 7) is 10.1. The maximum Gasteiger partial charge on any atom is -0.0202 e. The fourth-order valence-electron chi connectivity index (χ4n) is 2.31. The van der Waals surface area contributed by atoms with Crippen LogP contribution in [0.5, 0.6) is 0 Å². The molecular weight excluding hydrogens is 144 g/mol. The summed E-state index contributed by atoms with van der Waals surface area (Å²) in [7, 11) is 0. The van der Waals surface area contributed by atoms with E-state index in [1.165, 1.54) is 25.7 Å². The minimum absolute atomic E-state index is 0.742. The molecule has 0 nitrogen and oxygen atoms in total. The van der Waals surface area contributed by atoms with Crippen LogP contribution < -0.4 is 0 Å². The van der Waals surface area contributed by atoms with Gasteiger partial charge in [-0.25, -0.2) is 0 Å². The molecule has 1 fully saturated rings. The second-order valence-corrected chi connectivity index (χ2v) is 3.88. The van der Waals surface area contributed by atoms with Crippen LogP contribution in [-0.2, 0) is 0 Å². The van der Waals surface area contributed by atoms with Crippen molar-refractivity contribution in [2.45, 2.75) is 32.6 Å². The maximum atomic E-state index is 3.92. The lowest BCUT2D eigenvalue weighted by Crippen LogP contribution is -2.21. The van der Waals surface area contributed by atoms with Gasteiger partial charge in [0, 0.05) is 0 Å². The van der Waals surface area contributed by atoms with Gasteiger partial charge >= 0.3 is 0 Å². The summed E-state index contributed by atoms with van der Waals surface area (Å²) in [4.78, 5) is 0. The van der Waals surface area contributed by atoms with E-state index in [1.54, 1.807) is 0 Å². The molecule has 0 aliphatic heterocycles. The van der Waals surface area contributed by atoms with Crippen molar-refractivity contribution in [1.82, 2.24) is 0 Å². The Kier molecular flexibility index (Phi) is 3.58. The van der Waals surface area contributed by atoms with Crippen LogP contribution >= 0.6 is 0 Å². The van der Waals surface area contributed by atoms with Gasteiger partial charge in [-0.05, 0) is 37.0 Å². The monoisotopic (exact) mass is 164 g/mol. The van der Waals surface area contributed by atoms with Gasteiger partial charge in [0.25, 0.3) is 0 Å². The molecule has 0 aromatic heterocycles. The third-order valence-corrected chi connectivity index (χ3v) is 3.25. The average Bonchev–Trinajstić information content (AvgIpc) is 2.16. The zero-order valence-electron chi connectivity index (χ0n) is 8.13. The summed E-state index contributed by atoms with van der Waals surface area (Å²) >= 11 is 0. The van der Waals surface area contributed by atoms with Gasteiger partial charge in [-0.15, -0.1) is 13.2 Å². The molecule has 1 rings (SSSR count). The molecule has 0 heteroatoms. The average molecular weight is 164 g/mol. The molecule has 0 amide bonds. The quantitative estimate of drug-likeness (QED) is 0.556. The smallest absolute Gasteiger partial charge is 0.0202 e. The minimum Gasteiger partial charge on any atom is -0.103 e. The molecule has 1 aliphatic carbocycles. The Morgan fingerprint density at radius 2 is 2.00 bits per heavy atom. The highest BCUT2D eigenvalue weighted by Gasteiger charge is 2.25. The third kappa shape index (κ3) is 2.00. The fraction of sp³-hybridized carbons (Fsp3) is 0.667. The molecule has 68 valence electrons. The van der Waals surface area contributed by atoms with E-state index in [0.29, 0.717) is 0 Å². The van der Waals surface area contributed by atoms with Crippen molar-refractivity contribution < 1.29 is 0 Å². The van der Waals surface area contributed by atoms with E-state index in [0.717, 1.165) is 17.8 Å². The van der Waals surface area contributed by atoms with E-state index in [2.05, 4.69) is 32.2 Å². The third-order valence-electron chi connectivity index (χ3n) is 3.25. The molecule has 1 aliphatic rings. The molecule has 0 bridgehead atoms. The topological polar surface area (TPSA) is 0 Å². The molecule has 3 atom stereocenters. The number of rotatable bonds is 3. The summed E-state index contributed by atoms with van der Waals surface area (Å²) in [6, 6.07) is 0. The Labute approximate surface area is 76.4 Å². The molecular formula is C12H20. The van der Waals surface area contributed by atoms with Crippen molar-refractivity contribution in [3.05, 3.63) is 25.3 Å². The first-order valence-electron chi connectivity index (χ1n) is 5.06. The van der Waals surface area contributed by atoms with Crippen molar-refractivity contribution in [3.8, 4) is 0 Å². The van der Waals surface area contributed by atoms with Crippen molar-refractivity contribution >= 4 is 0 Å². The van der Waals surface area contributed by atoms with Crippen molar-refractivity contribution in [2.75, 3.05) is 0 Å². The highest BCUT2D eigenvalue weighted by Crippen LogP contribution is 2.36. The summed E-state index contributed by atoms with van der Waals surface area (Å²) in [5.74, 6) is 2.38. The van der Waals surface area contributed by atoms with Gasteiger partial charge in [-0.2, -0.15) is 0 Å². The lowest BCUT2D eigenvalue weighted by atomic mass is 9.73. The Morgan fingerprint density at radius 1 is 1.25 bits per heavy atom. The van der Waals surface area contributed by atoms with Gasteiger partial charge in [0.1, 0.15) is 0 Å². The zero-order chi connectivity index (χ0) is 8.97. The van der Waals surface area contributed by atoms with Crippen LogP contribution in [0, 0.1) is 17.8 Å². The molecule has 0 radical (unpaired) electrons. The Morgan fingerprint density at radius 3 is 2.50 bits per heavy atom. The predicted octanol–water partition coefficient (Wildman–Crippen LogP) is 3.80. The van der Waals surface area contributed by atoms with Crippen LogP contribution in [0.2, 0.25) is 0 Å². The van der Waals surface area contributed by atoms with Gasteiger partial charge < -0.3 is 0 Å². The van der Waals surface area contributed by atoms with E-state index in [4.69, 9.17) is 0 Å². The standard InChI is InChI=1S/C12H20/c1-4-10-7-8-11(5-2)12(6-3)9-10/h4,6,10-12H,1,3,5,7-9H2,2H3. The van der Waals surface area contributed by atoms with E-state index < -0.39 is 0 Å². The van der Waals surface area contributed by atoms with Crippen molar-refractivity contribution in [2.24, 2.45) is 17.8 Å². The number of hydrogen-bond donors (Lipinski definition) is 0.